The maximum Gasteiger partial charge on any atom is 0.302 e. The zero-order valence-electron chi connectivity index (χ0n) is 9.85. The summed E-state index contributed by atoms with van der Waals surface area (Å²) in [6, 6.07) is 0. The van der Waals surface area contributed by atoms with Crippen LogP contribution in [0.5, 0.6) is 0 Å². The van der Waals surface area contributed by atoms with Crippen molar-refractivity contribution in [2.24, 2.45) is 0 Å². The highest BCUT2D eigenvalue weighted by Crippen LogP contribution is 1.69. The molecule has 0 rings (SSSR count). The Morgan fingerprint density at radius 3 is 1.38 bits per heavy atom. The van der Waals surface area contributed by atoms with E-state index in [2.05, 4.69) is 23.3 Å². The Balaban J connectivity index is -0.000000125. The van der Waals surface area contributed by atoms with E-state index in [0.29, 0.717) is 6.61 Å². The Hall–Kier alpha value is -0.570. The Labute approximate surface area is 82.4 Å². The molecule has 0 unspecified atom stereocenters. The van der Waals surface area contributed by atoms with Gasteiger partial charge in [0.15, 0.2) is 0 Å². The van der Waals surface area contributed by atoms with Gasteiger partial charge in [0.2, 0.25) is 0 Å². The van der Waals surface area contributed by atoms with Crippen LogP contribution in [-0.2, 0) is 14.3 Å². The van der Waals surface area contributed by atoms with E-state index in [-0.39, 0.29) is 5.97 Å². The van der Waals surface area contributed by atoms with Gasteiger partial charge in [-0.25, -0.2) is 0 Å². The highest BCUT2D eigenvalue weighted by molar-refractivity contribution is 5.65. The number of rotatable bonds is 2. The molecule has 0 saturated carbocycles. The molecule has 0 bridgehead atoms. The van der Waals surface area contributed by atoms with Crippen molar-refractivity contribution in [3.63, 3.8) is 0 Å². The first-order valence-corrected chi connectivity index (χ1v) is 4.72. The summed E-state index contributed by atoms with van der Waals surface area (Å²) in [6.07, 6.45) is 1.25. The van der Waals surface area contributed by atoms with Crippen molar-refractivity contribution in [1.29, 1.82) is 0 Å². The first-order chi connectivity index (χ1) is 6.10. The molecule has 0 spiro atoms. The van der Waals surface area contributed by atoms with E-state index in [1.54, 1.807) is 14.0 Å². The fourth-order valence-corrected chi connectivity index (χ4v) is 0.203. The molecular weight excluding hydrogens is 168 g/mol. The lowest BCUT2D eigenvalue weighted by atomic mass is 10.6. The van der Waals surface area contributed by atoms with Gasteiger partial charge in [-0.3, -0.25) is 4.79 Å². The molecule has 0 aromatic heterocycles. The Bertz CT molecular complexity index is 80.2. The molecule has 0 atom stereocenters. The van der Waals surface area contributed by atoms with Crippen molar-refractivity contribution in [3.8, 4) is 0 Å². The van der Waals surface area contributed by atoms with E-state index < -0.39 is 0 Å². The summed E-state index contributed by atoms with van der Waals surface area (Å²) in [5.41, 5.74) is 0. The van der Waals surface area contributed by atoms with Gasteiger partial charge in [0.25, 0.3) is 0 Å². The highest BCUT2D eigenvalue weighted by atomic mass is 16.5. The number of methoxy groups -OCH3 is 1. The minimum Gasteiger partial charge on any atom is -0.466 e. The fourth-order valence-electron chi connectivity index (χ4n) is 0.203. The zero-order valence-corrected chi connectivity index (χ0v) is 9.85. The summed E-state index contributed by atoms with van der Waals surface area (Å²) in [7, 11) is 1.68. The molecule has 3 heteroatoms. The first kappa shape index (κ1) is 18.3. The fraction of sp³-hybridized carbons (Fsp3) is 0.900. The molecule has 0 aromatic rings. The third kappa shape index (κ3) is 86.4. The number of hydrogen-bond acceptors (Lipinski definition) is 3. The van der Waals surface area contributed by atoms with Crippen LogP contribution in [0.1, 0.15) is 41.0 Å². The molecule has 13 heavy (non-hydrogen) atoms. The molecule has 0 amide bonds. The minimum absolute atomic E-state index is 0.211. The van der Waals surface area contributed by atoms with E-state index in [9.17, 15) is 4.79 Å². The highest BCUT2D eigenvalue weighted by Gasteiger charge is 1.81. The largest absolute Gasteiger partial charge is 0.466 e. The van der Waals surface area contributed by atoms with Gasteiger partial charge in [-0.15, -0.1) is 0 Å². The lowest BCUT2D eigenvalue weighted by Crippen LogP contribution is -1.95. The van der Waals surface area contributed by atoms with E-state index >= 15 is 0 Å². The van der Waals surface area contributed by atoms with Gasteiger partial charge >= 0.3 is 5.97 Å². The van der Waals surface area contributed by atoms with Crippen LogP contribution in [0.2, 0.25) is 0 Å². The van der Waals surface area contributed by atoms with Crippen LogP contribution in [-0.4, -0.2) is 26.3 Å². The van der Waals surface area contributed by atoms with Crippen LogP contribution in [0.25, 0.3) is 0 Å². The van der Waals surface area contributed by atoms with Gasteiger partial charge < -0.3 is 9.47 Å². The van der Waals surface area contributed by atoms with Crippen molar-refractivity contribution in [2.75, 3.05) is 20.3 Å². The van der Waals surface area contributed by atoms with E-state index in [1.165, 1.54) is 13.3 Å². The van der Waals surface area contributed by atoms with Crippen molar-refractivity contribution in [3.05, 3.63) is 0 Å². The second kappa shape index (κ2) is 22.5. The molecule has 0 N–H and O–H groups in total. The predicted molar refractivity (Wildman–Crippen MR) is 55.8 cm³/mol. The standard InChI is InChI=1S/C4H8O2.C3H8O.C3H8/c1-3-6-4(2)5;1-3-4-2;1-3-2/h3H2,1-2H3;3H2,1-2H3;3H2,1-2H3. The number of ether oxygens (including phenoxy) is 2. The van der Waals surface area contributed by atoms with Crippen molar-refractivity contribution >= 4 is 5.97 Å². The molecule has 0 aliphatic carbocycles. The molecular formula is C10H24O3. The van der Waals surface area contributed by atoms with Gasteiger partial charge in [-0.05, 0) is 13.8 Å². The molecule has 82 valence electrons. The van der Waals surface area contributed by atoms with Gasteiger partial charge in [0.1, 0.15) is 0 Å². The Kier molecular flexibility index (Phi) is 31.6. The monoisotopic (exact) mass is 192 g/mol. The number of esters is 1. The lowest BCUT2D eigenvalue weighted by Gasteiger charge is -1.89. The van der Waals surface area contributed by atoms with Gasteiger partial charge in [0, 0.05) is 20.6 Å². The third-order valence-corrected chi connectivity index (χ3v) is 0.636. The topological polar surface area (TPSA) is 35.5 Å². The molecule has 0 saturated heterocycles. The second-order valence-electron chi connectivity index (χ2n) is 2.21. The summed E-state index contributed by atoms with van der Waals surface area (Å²) in [5.74, 6) is -0.211. The van der Waals surface area contributed by atoms with Crippen molar-refractivity contribution in [2.45, 2.75) is 41.0 Å². The normalized spacial score (nSPS) is 7.23. The second-order valence-corrected chi connectivity index (χ2v) is 2.21. The van der Waals surface area contributed by atoms with Crippen LogP contribution in [0.3, 0.4) is 0 Å². The van der Waals surface area contributed by atoms with E-state index in [1.807, 2.05) is 6.92 Å². The average Bonchev–Trinajstić information content (AvgIpc) is 2.06. The van der Waals surface area contributed by atoms with Crippen LogP contribution in [0, 0.1) is 0 Å². The summed E-state index contributed by atoms with van der Waals surface area (Å²) >= 11 is 0. The summed E-state index contributed by atoms with van der Waals surface area (Å²) in [5, 5.41) is 0. The average molecular weight is 192 g/mol. The zero-order chi connectivity index (χ0) is 11.1. The summed E-state index contributed by atoms with van der Waals surface area (Å²) in [4.78, 5) is 9.82. The smallest absolute Gasteiger partial charge is 0.302 e. The number of hydrogen-bond donors (Lipinski definition) is 0. The maximum absolute atomic E-state index is 9.82. The van der Waals surface area contributed by atoms with E-state index in [4.69, 9.17) is 0 Å². The molecule has 0 aliphatic heterocycles. The SMILES string of the molecule is CCC.CCOC.CCOC(C)=O. The molecule has 0 aromatic carbocycles. The first-order valence-electron chi connectivity index (χ1n) is 4.72. The predicted octanol–water partition coefficient (Wildman–Crippen LogP) is 2.64. The van der Waals surface area contributed by atoms with Crippen LogP contribution >= 0.6 is 0 Å². The Morgan fingerprint density at radius 2 is 1.38 bits per heavy atom. The molecule has 3 nitrogen and oxygen atoms in total. The van der Waals surface area contributed by atoms with Crippen LogP contribution < -0.4 is 0 Å². The third-order valence-electron chi connectivity index (χ3n) is 0.636. The van der Waals surface area contributed by atoms with Gasteiger partial charge in [-0.2, -0.15) is 0 Å². The van der Waals surface area contributed by atoms with Crippen molar-refractivity contribution in [1.82, 2.24) is 0 Å². The van der Waals surface area contributed by atoms with Gasteiger partial charge in [-0.1, -0.05) is 20.3 Å². The molecule has 0 radical (unpaired) electrons. The van der Waals surface area contributed by atoms with Gasteiger partial charge in [0.05, 0.1) is 6.61 Å². The molecule has 0 aliphatic rings. The Morgan fingerprint density at radius 1 is 1.08 bits per heavy atom. The number of carbonyl (C=O) groups excluding carboxylic acids is 1. The quantitative estimate of drug-likeness (QED) is 0.631. The summed E-state index contributed by atoms with van der Waals surface area (Å²) in [6.45, 7) is 10.7. The maximum atomic E-state index is 9.82. The molecule has 0 heterocycles. The lowest BCUT2D eigenvalue weighted by molar-refractivity contribution is -0.140. The minimum atomic E-state index is -0.211. The van der Waals surface area contributed by atoms with Crippen molar-refractivity contribution < 1.29 is 14.3 Å². The number of carbonyl (C=O) groups is 1. The molecule has 0 fully saturated rings. The summed E-state index contributed by atoms with van der Waals surface area (Å²) < 4.78 is 8.94. The van der Waals surface area contributed by atoms with E-state index in [0.717, 1.165) is 6.61 Å². The van der Waals surface area contributed by atoms with Crippen LogP contribution in [0.15, 0.2) is 0 Å². The van der Waals surface area contributed by atoms with Crippen LogP contribution in [0.4, 0.5) is 0 Å².